The number of carbonyl (C=O) groups is 2. The molecule has 0 aromatic heterocycles. The van der Waals surface area contributed by atoms with E-state index in [1.54, 1.807) is 18.2 Å². The number of carbonyl (C=O) groups excluding carboxylic acids is 2. The number of hydrogen-bond acceptors (Lipinski definition) is 3. The Hall–Kier alpha value is -3.08. The minimum atomic E-state index is -0.316. The molecule has 2 aromatic carbocycles. The number of amides is 2. The fourth-order valence-corrected chi connectivity index (χ4v) is 2.99. The van der Waals surface area contributed by atoms with Crippen molar-refractivity contribution in [3.63, 3.8) is 0 Å². The highest BCUT2D eigenvalue weighted by Crippen LogP contribution is 2.36. The maximum Gasteiger partial charge on any atom is 0.244 e. The van der Waals surface area contributed by atoms with Gasteiger partial charge in [-0.2, -0.15) is 0 Å². The van der Waals surface area contributed by atoms with E-state index in [9.17, 15) is 14.7 Å². The van der Waals surface area contributed by atoms with Gasteiger partial charge >= 0.3 is 0 Å². The largest absolute Gasteiger partial charge is 0.508 e. The van der Waals surface area contributed by atoms with Crippen molar-refractivity contribution >= 4 is 17.9 Å². The van der Waals surface area contributed by atoms with Crippen molar-refractivity contribution < 1.29 is 14.7 Å². The number of phenols is 1. The molecule has 0 saturated carbocycles. The van der Waals surface area contributed by atoms with Crippen LogP contribution < -0.4 is 10.6 Å². The Morgan fingerprint density at radius 2 is 1.92 bits per heavy atom. The van der Waals surface area contributed by atoms with Crippen molar-refractivity contribution in [3.8, 4) is 5.75 Å². The quantitative estimate of drug-likeness (QED) is 0.733. The molecule has 3 N–H and O–H groups in total. The van der Waals surface area contributed by atoms with Gasteiger partial charge in [-0.05, 0) is 41.7 Å². The van der Waals surface area contributed by atoms with E-state index in [0.717, 1.165) is 29.5 Å². The molecular weight excluding hydrogens is 316 g/mol. The number of benzene rings is 2. The van der Waals surface area contributed by atoms with Gasteiger partial charge in [0.2, 0.25) is 11.8 Å². The number of phenolic OH excluding ortho intramolecular Hbond substituents is 1. The highest BCUT2D eigenvalue weighted by Gasteiger charge is 2.25. The highest BCUT2D eigenvalue weighted by molar-refractivity contribution is 5.94. The first-order valence-corrected chi connectivity index (χ1v) is 8.24. The van der Waals surface area contributed by atoms with E-state index in [0.29, 0.717) is 0 Å². The van der Waals surface area contributed by atoms with E-state index >= 15 is 0 Å². The van der Waals surface area contributed by atoms with Gasteiger partial charge in [-0.25, -0.2) is 0 Å². The van der Waals surface area contributed by atoms with Crippen LogP contribution in [0.1, 0.15) is 29.2 Å². The van der Waals surface area contributed by atoms with Crippen LogP contribution in [-0.2, 0) is 16.0 Å². The molecule has 5 nitrogen and oxygen atoms in total. The van der Waals surface area contributed by atoms with E-state index in [1.807, 2.05) is 36.4 Å². The average molecular weight is 336 g/mol. The lowest BCUT2D eigenvalue weighted by Crippen LogP contribution is -2.37. The topological polar surface area (TPSA) is 78.4 Å². The monoisotopic (exact) mass is 336 g/mol. The summed E-state index contributed by atoms with van der Waals surface area (Å²) in [5.41, 5.74) is 2.76. The van der Waals surface area contributed by atoms with E-state index in [2.05, 4.69) is 10.6 Å². The van der Waals surface area contributed by atoms with Gasteiger partial charge in [-0.3, -0.25) is 9.59 Å². The summed E-state index contributed by atoms with van der Waals surface area (Å²) >= 11 is 0. The second-order valence-electron chi connectivity index (χ2n) is 5.97. The third-order valence-corrected chi connectivity index (χ3v) is 4.23. The van der Waals surface area contributed by atoms with Crippen molar-refractivity contribution in [2.24, 2.45) is 0 Å². The van der Waals surface area contributed by atoms with Crippen LogP contribution >= 0.6 is 0 Å². The molecule has 5 heteroatoms. The summed E-state index contributed by atoms with van der Waals surface area (Å²) in [5, 5.41) is 15.3. The van der Waals surface area contributed by atoms with Gasteiger partial charge in [0.05, 0.1) is 12.6 Å². The first kappa shape index (κ1) is 16.8. The molecule has 2 amide bonds. The lowest BCUT2D eigenvalue weighted by Gasteiger charge is -2.14. The van der Waals surface area contributed by atoms with Crippen LogP contribution in [0.2, 0.25) is 0 Å². The fraction of sp³-hybridized carbons (Fsp3) is 0.200. The Morgan fingerprint density at radius 3 is 2.72 bits per heavy atom. The number of rotatable bonds is 5. The molecule has 25 heavy (non-hydrogen) atoms. The Balaban J connectivity index is 1.49. The number of fused-ring (bicyclic) bond motifs is 1. The Kier molecular flexibility index (Phi) is 5.14. The number of nitrogens with one attached hydrogen (secondary N) is 2. The SMILES string of the molecule is O=C(/C=C/c1ccccc1)NCC(=O)N[C@@H]1CCc2c(O)cccc21. The minimum Gasteiger partial charge on any atom is -0.508 e. The predicted molar refractivity (Wildman–Crippen MR) is 95.8 cm³/mol. The van der Waals surface area contributed by atoms with Crippen LogP contribution in [0.4, 0.5) is 0 Å². The minimum absolute atomic E-state index is 0.0807. The molecule has 1 aliphatic carbocycles. The molecule has 0 heterocycles. The molecule has 0 radical (unpaired) electrons. The van der Waals surface area contributed by atoms with Gasteiger partial charge in [0, 0.05) is 6.08 Å². The summed E-state index contributed by atoms with van der Waals surface area (Å²) in [6, 6.07) is 14.7. The lowest BCUT2D eigenvalue weighted by molar-refractivity contribution is -0.124. The van der Waals surface area contributed by atoms with Crippen molar-refractivity contribution in [1.82, 2.24) is 10.6 Å². The van der Waals surface area contributed by atoms with Crippen LogP contribution in [-0.4, -0.2) is 23.5 Å². The molecule has 0 spiro atoms. The van der Waals surface area contributed by atoms with E-state index in [4.69, 9.17) is 0 Å². The van der Waals surface area contributed by atoms with Crippen LogP contribution in [0.25, 0.3) is 6.08 Å². The molecule has 128 valence electrons. The van der Waals surface area contributed by atoms with Gasteiger partial charge in [-0.1, -0.05) is 42.5 Å². The second-order valence-corrected chi connectivity index (χ2v) is 5.97. The van der Waals surface area contributed by atoms with Crippen molar-refractivity contribution in [1.29, 1.82) is 0 Å². The van der Waals surface area contributed by atoms with Gasteiger partial charge in [0.25, 0.3) is 0 Å². The van der Waals surface area contributed by atoms with E-state index < -0.39 is 0 Å². The van der Waals surface area contributed by atoms with Crippen LogP contribution in [0.3, 0.4) is 0 Å². The number of aromatic hydroxyl groups is 1. The third-order valence-electron chi connectivity index (χ3n) is 4.23. The molecule has 1 aliphatic rings. The molecule has 2 aromatic rings. The smallest absolute Gasteiger partial charge is 0.244 e. The summed E-state index contributed by atoms with van der Waals surface area (Å²) in [6.45, 7) is -0.0807. The van der Waals surface area contributed by atoms with E-state index in [1.165, 1.54) is 6.08 Å². The highest BCUT2D eigenvalue weighted by atomic mass is 16.3. The maximum absolute atomic E-state index is 12.1. The second kappa shape index (κ2) is 7.66. The third kappa shape index (κ3) is 4.26. The predicted octanol–water partition coefficient (Wildman–Crippen LogP) is 2.33. The van der Waals surface area contributed by atoms with Crippen molar-refractivity contribution in [3.05, 3.63) is 71.3 Å². The fourth-order valence-electron chi connectivity index (χ4n) is 2.99. The first-order chi connectivity index (χ1) is 12.1. The maximum atomic E-state index is 12.1. The molecule has 0 bridgehead atoms. The van der Waals surface area contributed by atoms with Crippen LogP contribution in [0.15, 0.2) is 54.6 Å². The molecule has 0 unspecified atom stereocenters. The summed E-state index contributed by atoms with van der Waals surface area (Å²) < 4.78 is 0. The Bertz CT molecular complexity index is 800. The Labute approximate surface area is 146 Å². The van der Waals surface area contributed by atoms with Gasteiger partial charge in [0.15, 0.2) is 0 Å². The molecular formula is C20H20N2O3. The molecule has 1 atom stereocenters. The Morgan fingerprint density at radius 1 is 1.12 bits per heavy atom. The average Bonchev–Trinajstić information content (AvgIpc) is 3.03. The molecule has 3 rings (SSSR count). The molecule has 0 fully saturated rings. The van der Waals surface area contributed by atoms with Gasteiger partial charge in [0.1, 0.15) is 5.75 Å². The van der Waals surface area contributed by atoms with Gasteiger partial charge in [-0.15, -0.1) is 0 Å². The van der Waals surface area contributed by atoms with Crippen molar-refractivity contribution in [2.75, 3.05) is 6.54 Å². The lowest BCUT2D eigenvalue weighted by atomic mass is 10.1. The van der Waals surface area contributed by atoms with Crippen molar-refractivity contribution in [2.45, 2.75) is 18.9 Å². The van der Waals surface area contributed by atoms with Crippen LogP contribution in [0, 0.1) is 0 Å². The van der Waals surface area contributed by atoms with Gasteiger partial charge < -0.3 is 15.7 Å². The zero-order chi connectivity index (χ0) is 17.6. The first-order valence-electron chi connectivity index (χ1n) is 8.24. The summed E-state index contributed by atoms with van der Waals surface area (Å²) in [7, 11) is 0. The zero-order valence-corrected chi connectivity index (χ0v) is 13.7. The summed E-state index contributed by atoms with van der Waals surface area (Å²) in [6.07, 6.45) is 4.59. The summed E-state index contributed by atoms with van der Waals surface area (Å²) in [4.78, 5) is 23.9. The summed E-state index contributed by atoms with van der Waals surface area (Å²) in [5.74, 6) is -0.292. The molecule has 0 aliphatic heterocycles. The molecule has 0 saturated heterocycles. The normalized spacial score (nSPS) is 15.8. The standard InChI is InChI=1S/C20H20N2O3/c23-18-8-4-7-15-16(18)10-11-17(15)22-20(25)13-21-19(24)12-9-14-5-2-1-3-6-14/h1-9,12,17,23H,10-11,13H2,(H,21,24)(H,22,25)/b12-9+/t17-/m1/s1. The zero-order valence-electron chi connectivity index (χ0n) is 13.7. The van der Waals surface area contributed by atoms with Crippen LogP contribution in [0.5, 0.6) is 5.75 Å². The number of hydrogen-bond donors (Lipinski definition) is 3. The van der Waals surface area contributed by atoms with E-state index in [-0.39, 0.29) is 30.2 Å².